The summed E-state index contributed by atoms with van der Waals surface area (Å²) in [6.07, 6.45) is 6.28. The van der Waals surface area contributed by atoms with Gasteiger partial charge in [-0.15, -0.1) is 0 Å². The van der Waals surface area contributed by atoms with Gasteiger partial charge in [-0.2, -0.15) is 0 Å². The molecule has 1 aliphatic rings. The van der Waals surface area contributed by atoms with Crippen molar-refractivity contribution >= 4 is 27.0 Å². The van der Waals surface area contributed by atoms with E-state index in [4.69, 9.17) is 36.5 Å². The van der Waals surface area contributed by atoms with Crippen LogP contribution in [-0.4, -0.2) is 85.1 Å². The van der Waals surface area contributed by atoms with Gasteiger partial charge >= 0.3 is 35.7 Å². The average Bonchev–Trinajstić information content (AvgIpc) is 3.05. The van der Waals surface area contributed by atoms with Crippen LogP contribution in [0.15, 0.2) is 29.3 Å². The Labute approximate surface area is 314 Å². The molecule has 0 bridgehead atoms. The molecule has 0 saturated carbocycles. The van der Waals surface area contributed by atoms with Crippen molar-refractivity contribution < 1.29 is 92.8 Å². The number of sulfone groups is 1. The number of hydrogen-bond acceptors (Lipinski definition) is 9. The number of nitrogens with one attached hydrogen (secondary N) is 1. The molecule has 2 unspecified atom stereocenters. The number of rotatable bonds is 10. The molecule has 286 valence electrons. The van der Waals surface area contributed by atoms with E-state index < -0.39 is 38.3 Å². The first-order chi connectivity index (χ1) is 22.6. The third-order valence-electron chi connectivity index (χ3n) is 6.74. The zero-order chi connectivity index (χ0) is 37.4. The molecule has 1 aliphatic heterocycles. The number of benzene rings is 1. The van der Waals surface area contributed by atoms with Crippen molar-refractivity contribution in [2.24, 2.45) is 5.92 Å². The van der Waals surface area contributed by atoms with Crippen molar-refractivity contribution in [3.8, 4) is 16.9 Å². The SMILES string of the molecule is CCC(C)OC(=O)N1CCC(COc2c(F)cc(-c3ccc(S(C)(=O)=O)nc3C)cc2F)CC1.CCCCNC.CS(=O)[O-].F.FF.FF.[Na+]. The monoisotopic (exact) mass is 781 g/mol. The fraction of sp³-hybridized carbons (Fsp3) is 0.600. The zero-order valence-corrected chi connectivity index (χ0v) is 33.2. The number of aryl methyl sites for hydroxylation is 1. The van der Waals surface area contributed by atoms with Gasteiger partial charge in [0.05, 0.1) is 6.61 Å². The van der Waals surface area contributed by atoms with E-state index in [1.165, 1.54) is 25.0 Å². The normalized spacial score (nSPS) is 13.3. The Morgan fingerprint density at radius 1 is 1.12 bits per heavy atom. The molecular weight excluding hydrogens is 734 g/mol. The summed E-state index contributed by atoms with van der Waals surface area (Å²) < 4.78 is 114. The Morgan fingerprint density at radius 2 is 1.62 bits per heavy atom. The Morgan fingerprint density at radius 3 is 2.00 bits per heavy atom. The van der Waals surface area contributed by atoms with Crippen LogP contribution in [0.4, 0.5) is 36.6 Å². The summed E-state index contributed by atoms with van der Waals surface area (Å²) in [5.41, 5.74) is 1.00. The summed E-state index contributed by atoms with van der Waals surface area (Å²) in [6.45, 7) is 9.86. The topological polar surface area (TPSA) is 138 Å². The molecule has 0 aliphatic carbocycles. The molecule has 10 nitrogen and oxygen atoms in total. The second-order valence-corrected chi connectivity index (χ2v) is 13.3. The molecule has 1 aromatic carbocycles. The fourth-order valence-electron chi connectivity index (χ4n) is 4.07. The van der Waals surface area contributed by atoms with Gasteiger partial charge in [-0.3, -0.25) is 8.91 Å². The van der Waals surface area contributed by atoms with Gasteiger partial charge in [0.1, 0.15) is 6.10 Å². The van der Waals surface area contributed by atoms with E-state index in [0.717, 1.165) is 37.6 Å². The van der Waals surface area contributed by atoms with Crippen molar-refractivity contribution in [1.29, 1.82) is 0 Å². The predicted octanol–water partition coefficient (Wildman–Crippen LogP) is 4.10. The molecule has 2 aromatic rings. The van der Waals surface area contributed by atoms with Gasteiger partial charge in [0.25, 0.3) is 0 Å². The number of nitrogens with zero attached hydrogens (tertiary/aromatic N) is 2. The Hall–Kier alpha value is -2.03. The fourth-order valence-corrected chi connectivity index (χ4v) is 4.69. The molecule has 1 N–H and O–H groups in total. The number of amides is 1. The molecule has 1 amide bonds. The van der Waals surface area contributed by atoms with E-state index >= 15 is 0 Å². The third kappa shape index (κ3) is 22.0. The predicted molar refractivity (Wildman–Crippen MR) is 174 cm³/mol. The molecule has 20 heteroatoms. The first-order valence-electron chi connectivity index (χ1n) is 14.8. The number of carbonyl (C=O) groups is 1. The van der Waals surface area contributed by atoms with E-state index in [1.807, 2.05) is 20.9 Å². The summed E-state index contributed by atoms with van der Waals surface area (Å²) in [7, 11) is -1.51. The Bertz CT molecular complexity index is 1320. The van der Waals surface area contributed by atoms with Crippen LogP contribution in [0.5, 0.6) is 5.75 Å². The summed E-state index contributed by atoms with van der Waals surface area (Å²) >= 11 is -1.86. The number of aromatic nitrogens is 1. The van der Waals surface area contributed by atoms with E-state index in [2.05, 4.69) is 17.2 Å². The largest absolute Gasteiger partial charge is 1.00 e. The van der Waals surface area contributed by atoms with E-state index in [1.54, 1.807) is 11.8 Å². The third-order valence-corrected chi connectivity index (χ3v) is 7.73. The van der Waals surface area contributed by atoms with Gasteiger partial charge in [-0.05, 0) is 95.1 Å². The van der Waals surface area contributed by atoms with E-state index in [0.29, 0.717) is 37.2 Å². The second-order valence-electron chi connectivity index (χ2n) is 10.5. The van der Waals surface area contributed by atoms with Crippen LogP contribution in [0.2, 0.25) is 0 Å². The molecule has 1 saturated heterocycles. The number of pyridine rings is 1. The minimum Gasteiger partial charge on any atom is -0.773 e. The molecule has 2 atom stereocenters. The van der Waals surface area contributed by atoms with Gasteiger partial charge in [0.2, 0.25) is 0 Å². The van der Waals surface area contributed by atoms with E-state index in [-0.39, 0.29) is 69.6 Å². The maximum atomic E-state index is 14.7. The number of unbranched alkanes of at least 4 members (excludes halogenated alkanes) is 1. The van der Waals surface area contributed by atoms with Crippen molar-refractivity contribution in [3.05, 3.63) is 41.6 Å². The summed E-state index contributed by atoms with van der Waals surface area (Å²) in [4.78, 5) is 17.8. The van der Waals surface area contributed by atoms with Gasteiger partial charge in [0.15, 0.2) is 32.2 Å². The van der Waals surface area contributed by atoms with Crippen LogP contribution in [-0.2, 0) is 25.7 Å². The van der Waals surface area contributed by atoms with Crippen LogP contribution in [0.25, 0.3) is 11.1 Å². The number of carbonyl (C=O) groups excluding carboxylic acids is 1. The van der Waals surface area contributed by atoms with Crippen LogP contribution in [0, 0.1) is 24.5 Å². The van der Waals surface area contributed by atoms with Crippen LogP contribution >= 0.6 is 0 Å². The summed E-state index contributed by atoms with van der Waals surface area (Å²) in [6, 6.07) is 5.09. The maximum absolute atomic E-state index is 14.7. The standard InChI is InChI=1S/C24H30F2N2O5S.C5H13N.CH4O2S.2F2.FH.Na/c1-5-15(2)33-24(29)28-10-8-17(9-11-28)14-32-23-20(25)12-18(13-21(23)26)19-6-7-22(27-16(19)3)34(4,30)31;1-3-4-5-6-2;1-4(2)3;2*1-2;;/h6-7,12-13,15,17H,5,8-11,14H2,1-4H3;6H,3-5H2,1-2H3;1H3,(H,2,3);;;1H;/q;;;;;;+1/p-1. The van der Waals surface area contributed by atoms with Crippen molar-refractivity contribution in [2.75, 3.05) is 45.8 Å². The molecule has 50 heavy (non-hydrogen) atoms. The maximum Gasteiger partial charge on any atom is 1.00 e. The van der Waals surface area contributed by atoms with E-state index in [9.17, 15) is 22.0 Å². The number of halogens is 7. The summed E-state index contributed by atoms with van der Waals surface area (Å²) in [5.74, 6) is -2.10. The number of piperidine rings is 1. The minimum atomic E-state index is -3.49. The number of ether oxygens (including phenoxy) is 2. The molecule has 2 heterocycles. The first-order valence-corrected chi connectivity index (χ1v) is 18.2. The molecule has 3 rings (SSSR count). The zero-order valence-electron chi connectivity index (χ0n) is 29.6. The second kappa shape index (κ2) is 30.6. The first kappa shape index (κ1) is 54.7. The average molecular weight is 782 g/mol. The Balaban J connectivity index is -0.000000568. The Kier molecular flexibility index (Phi) is 33.5. The molecular formula is C30H47F7N3NaO7S2. The van der Waals surface area contributed by atoms with Crippen molar-refractivity contribution in [2.45, 2.75) is 70.9 Å². The van der Waals surface area contributed by atoms with Crippen LogP contribution < -0.4 is 39.6 Å². The molecule has 1 fully saturated rings. The number of likely N-dealkylation sites (tertiary alicyclic amines) is 1. The van der Waals surface area contributed by atoms with Gasteiger partial charge in [-0.25, -0.2) is 27.0 Å². The minimum absolute atomic E-state index is 0. The quantitative estimate of drug-likeness (QED) is 0.164. The molecule has 0 radical (unpaired) electrons. The van der Waals surface area contributed by atoms with Crippen molar-refractivity contribution in [3.63, 3.8) is 0 Å². The summed E-state index contributed by atoms with van der Waals surface area (Å²) in [5, 5.41) is 2.97. The molecule has 0 spiro atoms. The number of hydrogen-bond donors (Lipinski definition) is 1. The van der Waals surface area contributed by atoms with Gasteiger partial charge < -0.3 is 24.2 Å². The van der Waals surface area contributed by atoms with Crippen molar-refractivity contribution in [1.82, 2.24) is 15.2 Å². The van der Waals surface area contributed by atoms with Crippen LogP contribution in [0.1, 0.15) is 58.6 Å². The van der Waals surface area contributed by atoms with Crippen LogP contribution in [0.3, 0.4) is 0 Å². The smallest absolute Gasteiger partial charge is 0.773 e. The molecule has 1 aromatic heterocycles. The van der Waals surface area contributed by atoms with Gasteiger partial charge in [0, 0.05) is 48.9 Å². The van der Waals surface area contributed by atoms with Gasteiger partial charge in [-0.1, -0.05) is 31.3 Å².